The van der Waals surface area contributed by atoms with Crippen LogP contribution in [-0.4, -0.2) is 43.1 Å². The Balaban J connectivity index is 1.40. The molecule has 6 heteroatoms. The first-order valence-electron chi connectivity index (χ1n) is 14.9. The average molecular weight is 519 g/mol. The largest absolute Gasteiger partial charge is 0.466 e. The van der Waals surface area contributed by atoms with Crippen molar-refractivity contribution in [2.45, 2.75) is 118 Å². The molecule has 0 bridgehead atoms. The van der Waals surface area contributed by atoms with Crippen LogP contribution in [0.1, 0.15) is 106 Å². The van der Waals surface area contributed by atoms with Crippen molar-refractivity contribution in [1.82, 2.24) is 0 Å². The van der Waals surface area contributed by atoms with Crippen LogP contribution < -0.4 is 0 Å². The Morgan fingerprint density at radius 1 is 0.892 bits per heavy atom. The van der Waals surface area contributed by atoms with Gasteiger partial charge in [0.05, 0.1) is 12.7 Å². The van der Waals surface area contributed by atoms with Crippen molar-refractivity contribution in [1.29, 1.82) is 0 Å². The second-order valence-electron chi connectivity index (χ2n) is 13.5. The number of fused-ring (bicyclic) bond motifs is 5. The lowest BCUT2D eigenvalue weighted by molar-refractivity contribution is -0.161. The highest BCUT2D eigenvalue weighted by Crippen LogP contribution is 2.67. The molecule has 0 aromatic rings. The van der Waals surface area contributed by atoms with Gasteiger partial charge in [-0.15, -0.1) is 0 Å². The Morgan fingerprint density at radius 3 is 2.30 bits per heavy atom. The summed E-state index contributed by atoms with van der Waals surface area (Å²) < 4.78 is 17.3. The first-order chi connectivity index (χ1) is 17.5. The first kappa shape index (κ1) is 28.6. The lowest BCUT2D eigenvalue weighted by Gasteiger charge is -2.60. The highest BCUT2D eigenvalue weighted by atomic mass is 16.5. The second-order valence-corrected chi connectivity index (χ2v) is 13.5. The van der Waals surface area contributed by atoms with E-state index in [1.54, 1.807) is 6.92 Å². The molecule has 0 heterocycles. The molecule has 4 saturated carbocycles. The molecule has 6 nitrogen and oxygen atoms in total. The van der Waals surface area contributed by atoms with Gasteiger partial charge in [-0.3, -0.25) is 14.4 Å². The molecule has 4 rings (SSSR count). The number of Topliss-reactive ketones (excluding diaryl/α,β-unsaturated/α-hetero) is 1. The topological polar surface area (TPSA) is 78.9 Å². The number of rotatable bonds is 9. The van der Waals surface area contributed by atoms with Crippen molar-refractivity contribution in [3.8, 4) is 0 Å². The lowest BCUT2D eigenvalue weighted by atomic mass is 9.44. The summed E-state index contributed by atoms with van der Waals surface area (Å²) in [7, 11) is 0. The van der Waals surface area contributed by atoms with Crippen LogP contribution in [0.2, 0.25) is 0 Å². The zero-order chi connectivity index (χ0) is 27.0. The van der Waals surface area contributed by atoms with Crippen molar-refractivity contribution in [3.05, 3.63) is 0 Å². The minimum absolute atomic E-state index is 0.0119. The van der Waals surface area contributed by atoms with Gasteiger partial charge in [0.15, 0.2) is 0 Å². The van der Waals surface area contributed by atoms with Gasteiger partial charge in [-0.25, -0.2) is 0 Å². The van der Waals surface area contributed by atoms with Gasteiger partial charge in [-0.2, -0.15) is 0 Å². The first-order valence-corrected chi connectivity index (χ1v) is 14.9. The van der Waals surface area contributed by atoms with E-state index in [9.17, 15) is 14.4 Å². The van der Waals surface area contributed by atoms with Crippen LogP contribution in [0.4, 0.5) is 0 Å². The van der Waals surface area contributed by atoms with Crippen molar-refractivity contribution in [2.75, 3.05) is 13.2 Å². The zero-order valence-corrected chi connectivity index (χ0v) is 24.1. The Bertz CT molecular complexity index is 855. The van der Waals surface area contributed by atoms with Gasteiger partial charge in [0, 0.05) is 26.4 Å². The summed E-state index contributed by atoms with van der Waals surface area (Å²) in [5, 5.41) is 0. The maximum atomic E-state index is 13.0. The van der Waals surface area contributed by atoms with Crippen LogP contribution in [0.3, 0.4) is 0 Å². The molecule has 0 amide bonds. The number of ether oxygens (including phenoxy) is 3. The maximum Gasteiger partial charge on any atom is 0.302 e. The fraction of sp³-hybridized carbons (Fsp3) is 0.903. The molecule has 0 spiro atoms. The zero-order valence-electron chi connectivity index (χ0n) is 24.1. The monoisotopic (exact) mass is 518 g/mol. The van der Waals surface area contributed by atoms with Gasteiger partial charge in [-0.1, -0.05) is 20.8 Å². The van der Waals surface area contributed by atoms with Gasteiger partial charge in [0.25, 0.3) is 0 Å². The van der Waals surface area contributed by atoms with Crippen molar-refractivity contribution in [3.63, 3.8) is 0 Å². The Morgan fingerprint density at radius 2 is 1.62 bits per heavy atom. The van der Waals surface area contributed by atoms with Crippen LogP contribution in [0.15, 0.2) is 0 Å². The fourth-order valence-corrected chi connectivity index (χ4v) is 9.45. The summed E-state index contributed by atoms with van der Waals surface area (Å²) in [6.07, 6.45) is 10.8. The summed E-state index contributed by atoms with van der Waals surface area (Å²) in [6.45, 7) is 12.9. The van der Waals surface area contributed by atoms with Gasteiger partial charge in [0.2, 0.25) is 0 Å². The van der Waals surface area contributed by atoms with Crippen LogP contribution in [0.5, 0.6) is 0 Å². The molecule has 0 saturated heterocycles. The molecule has 210 valence electrons. The summed E-state index contributed by atoms with van der Waals surface area (Å²) in [4.78, 5) is 35.6. The van der Waals surface area contributed by atoms with Crippen molar-refractivity contribution in [2.24, 2.45) is 46.3 Å². The Hall–Kier alpha value is -1.43. The van der Waals surface area contributed by atoms with E-state index < -0.39 is 0 Å². The van der Waals surface area contributed by atoms with Crippen LogP contribution in [0, 0.1) is 46.3 Å². The molecule has 4 aliphatic rings. The standard InChI is InChI=1S/C31H50O6/c1-19(18-36-21(3)33)8-7-15-35-28-17-27-25-10-9-23-16-24(37-22(4)34)11-13-30(23,5)26(25)12-14-31(27,6)29(28)20(2)32/h19,23-29H,7-18H2,1-6H3/t19-,23+,24+,25+,26-,27-,28-,29?,30-,31-/m0/s1. The lowest BCUT2D eigenvalue weighted by Crippen LogP contribution is -2.54. The number of hydrogen-bond acceptors (Lipinski definition) is 6. The second kappa shape index (κ2) is 11.4. The third-order valence-electron chi connectivity index (χ3n) is 11.1. The molecule has 37 heavy (non-hydrogen) atoms. The summed E-state index contributed by atoms with van der Waals surface area (Å²) in [6, 6.07) is 0. The van der Waals surface area contributed by atoms with E-state index in [1.807, 2.05) is 0 Å². The van der Waals surface area contributed by atoms with E-state index in [0.717, 1.165) is 44.9 Å². The number of carbonyl (C=O) groups excluding carboxylic acids is 3. The predicted molar refractivity (Wildman–Crippen MR) is 142 cm³/mol. The van der Waals surface area contributed by atoms with Crippen LogP contribution in [-0.2, 0) is 28.6 Å². The SMILES string of the molecule is CC(=O)OC[C@@H](C)CCCO[C@H]1C[C@H]2[C@@H]3CC[C@@H]4C[C@H](OC(C)=O)CC[C@]4(C)[C@H]3CC[C@]2(C)C1C(C)=O. The van der Waals surface area contributed by atoms with Crippen LogP contribution >= 0.6 is 0 Å². The fourth-order valence-electron chi connectivity index (χ4n) is 9.45. The molecule has 0 aromatic carbocycles. The average Bonchev–Trinajstić information content (AvgIpc) is 3.12. The Kier molecular flexibility index (Phi) is 8.77. The summed E-state index contributed by atoms with van der Waals surface area (Å²) in [5.74, 6) is 2.72. The highest BCUT2D eigenvalue weighted by Gasteiger charge is 2.63. The highest BCUT2D eigenvalue weighted by molar-refractivity contribution is 5.80. The predicted octanol–water partition coefficient (Wildman–Crippen LogP) is 6.14. The van der Waals surface area contributed by atoms with Gasteiger partial charge < -0.3 is 14.2 Å². The molecule has 0 N–H and O–H groups in total. The molecular formula is C31H50O6. The van der Waals surface area contributed by atoms with Gasteiger partial charge in [-0.05, 0) is 112 Å². The number of carbonyl (C=O) groups is 3. The maximum absolute atomic E-state index is 13.0. The third-order valence-corrected chi connectivity index (χ3v) is 11.1. The molecule has 4 fully saturated rings. The van der Waals surface area contributed by atoms with E-state index >= 15 is 0 Å². The van der Waals surface area contributed by atoms with Crippen molar-refractivity contribution >= 4 is 17.7 Å². The molecule has 4 aliphatic carbocycles. The van der Waals surface area contributed by atoms with E-state index in [2.05, 4.69) is 20.8 Å². The number of ketones is 1. The van der Waals surface area contributed by atoms with Crippen molar-refractivity contribution < 1.29 is 28.6 Å². The van der Waals surface area contributed by atoms with Gasteiger partial charge in [0.1, 0.15) is 11.9 Å². The Labute approximate surface area is 223 Å². The third kappa shape index (κ3) is 5.79. The summed E-state index contributed by atoms with van der Waals surface area (Å²) >= 11 is 0. The number of hydrogen-bond donors (Lipinski definition) is 0. The van der Waals surface area contributed by atoms with E-state index in [1.165, 1.54) is 33.1 Å². The molecular weight excluding hydrogens is 468 g/mol. The van der Waals surface area contributed by atoms with E-state index in [4.69, 9.17) is 14.2 Å². The molecule has 0 radical (unpaired) electrons. The minimum Gasteiger partial charge on any atom is -0.466 e. The normalized spacial score (nSPS) is 41.6. The number of esters is 2. The molecule has 1 unspecified atom stereocenters. The summed E-state index contributed by atoms with van der Waals surface area (Å²) in [5.41, 5.74) is 0.335. The van der Waals surface area contributed by atoms with Crippen LogP contribution in [0.25, 0.3) is 0 Å². The van der Waals surface area contributed by atoms with Gasteiger partial charge >= 0.3 is 11.9 Å². The smallest absolute Gasteiger partial charge is 0.302 e. The quantitative estimate of drug-likeness (QED) is 0.269. The van der Waals surface area contributed by atoms with E-state index in [-0.39, 0.29) is 35.5 Å². The minimum atomic E-state index is -0.229. The molecule has 0 aromatic heterocycles. The molecule has 10 atom stereocenters. The molecule has 0 aliphatic heterocycles. The van der Waals surface area contributed by atoms with E-state index in [0.29, 0.717) is 54.0 Å².